The maximum atomic E-state index is 4.25. The van der Waals surface area contributed by atoms with E-state index in [4.69, 9.17) is 0 Å². The van der Waals surface area contributed by atoms with Crippen LogP contribution in [0.15, 0.2) is 30.6 Å². The highest BCUT2D eigenvalue weighted by atomic mass is 15.1. The molecule has 0 amide bonds. The standard InChI is InChI=1S/C11H13N3/c1-11(5-6-11)13-10-4-2-3-9-12-7-8-14(9)10/h2-4,7-8,13H,5-6H2,1H3. The van der Waals surface area contributed by atoms with E-state index in [1.807, 2.05) is 24.5 Å². The van der Waals surface area contributed by atoms with E-state index >= 15 is 0 Å². The Bertz CT molecular complexity index is 468. The van der Waals surface area contributed by atoms with E-state index < -0.39 is 0 Å². The summed E-state index contributed by atoms with van der Waals surface area (Å²) >= 11 is 0. The molecule has 0 spiro atoms. The van der Waals surface area contributed by atoms with Crippen LogP contribution < -0.4 is 5.32 Å². The molecular formula is C11H13N3. The predicted octanol–water partition coefficient (Wildman–Crippen LogP) is 2.30. The second-order valence-corrected chi connectivity index (χ2v) is 4.25. The zero-order chi connectivity index (χ0) is 9.60. The maximum absolute atomic E-state index is 4.25. The Morgan fingerprint density at radius 1 is 1.43 bits per heavy atom. The lowest BCUT2D eigenvalue weighted by molar-refractivity contribution is 0.816. The molecule has 0 aromatic carbocycles. The first-order valence-electron chi connectivity index (χ1n) is 4.97. The van der Waals surface area contributed by atoms with E-state index in [0.29, 0.717) is 5.54 Å². The molecule has 1 N–H and O–H groups in total. The molecular weight excluding hydrogens is 174 g/mol. The smallest absolute Gasteiger partial charge is 0.138 e. The van der Waals surface area contributed by atoms with E-state index in [1.54, 1.807) is 0 Å². The van der Waals surface area contributed by atoms with Gasteiger partial charge in [-0.2, -0.15) is 0 Å². The molecule has 3 heteroatoms. The summed E-state index contributed by atoms with van der Waals surface area (Å²) in [4.78, 5) is 4.25. The van der Waals surface area contributed by atoms with E-state index in [1.165, 1.54) is 12.8 Å². The average Bonchev–Trinajstić information content (AvgIpc) is 2.73. The van der Waals surface area contributed by atoms with Gasteiger partial charge in [0.25, 0.3) is 0 Å². The number of hydrogen-bond acceptors (Lipinski definition) is 2. The Morgan fingerprint density at radius 2 is 2.29 bits per heavy atom. The summed E-state index contributed by atoms with van der Waals surface area (Å²) in [5, 5.41) is 3.54. The highest BCUT2D eigenvalue weighted by Crippen LogP contribution is 2.37. The molecule has 3 rings (SSSR count). The van der Waals surface area contributed by atoms with Crippen LogP contribution in [0.5, 0.6) is 0 Å². The van der Waals surface area contributed by atoms with Gasteiger partial charge in [-0.15, -0.1) is 0 Å². The third-order valence-electron chi connectivity index (χ3n) is 2.86. The molecule has 0 aliphatic heterocycles. The fourth-order valence-corrected chi connectivity index (χ4v) is 1.67. The van der Waals surface area contributed by atoms with E-state index in [2.05, 4.69) is 27.7 Å². The molecule has 1 saturated carbocycles. The quantitative estimate of drug-likeness (QED) is 0.781. The molecule has 1 aliphatic carbocycles. The van der Waals surface area contributed by atoms with Crippen molar-refractivity contribution in [3.8, 4) is 0 Å². The van der Waals surface area contributed by atoms with Crippen molar-refractivity contribution < 1.29 is 0 Å². The summed E-state index contributed by atoms with van der Waals surface area (Å²) in [6.07, 6.45) is 6.34. The van der Waals surface area contributed by atoms with Crippen LogP contribution >= 0.6 is 0 Å². The van der Waals surface area contributed by atoms with Crippen LogP contribution in [0, 0.1) is 0 Å². The van der Waals surface area contributed by atoms with Crippen molar-refractivity contribution in [2.45, 2.75) is 25.3 Å². The fourth-order valence-electron chi connectivity index (χ4n) is 1.67. The van der Waals surface area contributed by atoms with Crippen molar-refractivity contribution >= 4 is 11.5 Å². The molecule has 72 valence electrons. The van der Waals surface area contributed by atoms with Crippen LogP contribution in [-0.2, 0) is 0 Å². The van der Waals surface area contributed by atoms with Crippen LogP contribution in [0.4, 0.5) is 5.82 Å². The van der Waals surface area contributed by atoms with Crippen molar-refractivity contribution in [3.05, 3.63) is 30.6 Å². The first-order chi connectivity index (χ1) is 6.77. The highest BCUT2D eigenvalue weighted by Gasteiger charge is 2.37. The largest absolute Gasteiger partial charge is 0.366 e. The monoisotopic (exact) mass is 187 g/mol. The van der Waals surface area contributed by atoms with Gasteiger partial charge in [-0.1, -0.05) is 6.07 Å². The Balaban J connectivity index is 2.06. The van der Waals surface area contributed by atoms with E-state index in [9.17, 15) is 0 Å². The number of nitrogens with one attached hydrogen (secondary N) is 1. The molecule has 0 radical (unpaired) electrons. The molecule has 2 heterocycles. The summed E-state index contributed by atoms with van der Waals surface area (Å²) in [5.74, 6) is 1.14. The summed E-state index contributed by atoms with van der Waals surface area (Å²) < 4.78 is 2.09. The Hall–Kier alpha value is -1.51. The van der Waals surface area contributed by atoms with Gasteiger partial charge in [0.05, 0.1) is 0 Å². The number of fused-ring (bicyclic) bond motifs is 1. The SMILES string of the molecule is CC1(Nc2cccc3nccn23)CC1. The second-order valence-electron chi connectivity index (χ2n) is 4.25. The lowest BCUT2D eigenvalue weighted by Crippen LogP contribution is -2.17. The molecule has 3 nitrogen and oxygen atoms in total. The van der Waals surface area contributed by atoms with Crippen LogP contribution in [0.2, 0.25) is 0 Å². The van der Waals surface area contributed by atoms with Crippen LogP contribution in [0.1, 0.15) is 19.8 Å². The highest BCUT2D eigenvalue weighted by molar-refractivity contribution is 5.51. The van der Waals surface area contributed by atoms with Crippen LogP contribution in [-0.4, -0.2) is 14.9 Å². The predicted molar refractivity (Wildman–Crippen MR) is 56.5 cm³/mol. The third kappa shape index (κ3) is 1.16. The first-order valence-corrected chi connectivity index (χ1v) is 4.97. The van der Waals surface area contributed by atoms with Crippen molar-refractivity contribution in [1.82, 2.24) is 9.38 Å². The summed E-state index contributed by atoms with van der Waals surface area (Å²) in [6, 6.07) is 6.15. The lowest BCUT2D eigenvalue weighted by atomic mass is 10.3. The zero-order valence-corrected chi connectivity index (χ0v) is 8.20. The molecule has 1 fully saturated rings. The van der Waals surface area contributed by atoms with Crippen molar-refractivity contribution in [2.24, 2.45) is 0 Å². The normalized spacial score (nSPS) is 18.4. The van der Waals surface area contributed by atoms with Gasteiger partial charge >= 0.3 is 0 Å². The van der Waals surface area contributed by atoms with Crippen LogP contribution in [0.25, 0.3) is 5.65 Å². The summed E-state index contributed by atoms with van der Waals surface area (Å²) in [7, 11) is 0. The Kier molecular flexibility index (Phi) is 1.40. The first kappa shape index (κ1) is 7.85. The van der Waals surface area contributed by atoms with Crippen molar-refractivity contribution in [1.29, 1.82) is 0 Å². The van der Waals surface area contributed by atoms with Gasteiger partial charge in [0.2, 0.25) is 0 Å². The van der Waals surface area contributed by atoms with E-state index in [-0.39, 0.29) is 0 Å². The molecule has 0 bridgehead atoms. The maximum Gasteiger partial charge on any atom is 0.138 e. The summed E-state index contributed by atoms with van der Waals surface area (Å²) in [5.41, 5.74) is 1.32. The number of rotatable bonds is 2. The van der Waals surface area contributed by atoms with Gasteiger partial charge in [-0.05, 0) is 31.9 Å². The second kappa shape index (κ2) is 2.50. The van der Waals surface area contributed by atoms with Gasteiger partial charge in [-0.25, -0.2) is 4.98 Å². The van der Waals surface area contributed by atoms with Gasteiger partial charge < -0.3 is 5.32 Å². The molecule has 2 aromatic rings. The number of hydrogen-bond donors (Lipinski definition) is 1. The summed E-state index contributed by atoms with van der Waals surface area (Å²) in [6.45, 7) is 2.25. The van der Waals surface area contributed by atoms with Crippen molar-refractivity contribution in [2.75, 3.05) is 5.32 Å². The lowest BCUT2D eigenvalue weighted by Gasteiger charge is -2.14. The topological polar surface area (TPSA) is 29.3 Å². The van der Waals surface area contributed by atoms with Gasteiger partial charge in [-0.3, -0.25) is 4.40 Å². The van der Waals surface area contributed by atoms with E-state index in [0.717, 1.165) is 11.5 Å². The minimum Gasteiger partial charge on any atom is -0.366 e. The van der Waals surface area contributed by atoms with Gasteiger partial charge in [0.15, 0.2) is 0 Å². The molecule has 0 saturated heterocycles. The molecule has 1 aliphatic rings. The minimum absolute atomic E-state index is 0.318. The number of anilines is 1. The number of imidazole rings is 1. The zero-order valence-electron chi connectivity index (χ0n) is 8.20. The molecule has 0 unspecified atom stereocenters. The fraction of sp³-hybridized carbons (Fsp3) is 0.364. The third-order valence-corrected chi connectivity index (χ3v) is 2.86. The van der Waals surface area contributed by atoms with Gasteiger partial charge in [0.1, 0.15) is 11.5 Å². The Labute approximate surface area is 82.8 Å². The minimum atomic E-state index is 0.318. The number of pyridine rings is 1. The van der Waals surface area contributed by atoms with Gasteiger partial charge in [0, 0.05) is 17.9 Å². The molecule has 14 heavy (non-hydrogen) atoms. The van der Waals surface area contributed by atoms with Crippen molar-refractivity contribution in [3.63, 3.8) is 0 Å². The number of aromatic nitrogens is 2. The number of nitrogens with zero attached hydrogens (tertiary/aromatic N) is 2. The molecule has 0 atom stereocenters. The van der Waals surface area contributed by atoms with Crippen LogP contribution in [0.3, 0.4) is 0 Å². The Morgan fingerprint density at radius 3 is 3.07 bits per heavy atom. The molecule has 2 aromatic heterocycles. The average molecular weight is 187 g/mol.